The van der Waals surface area contributed by atoms with E-state index in [-0.39, 0.29) is 29.1 Å². The number of aryl methyl sites for hydroxylation is 3. The van der Waals surface area contributed by atoms with Crippen molar-refractivity contribution in [1.82, 2.24) is 0 Å². The molecule has 0 amide bonds. The van der Waals surface area contributed by atoms with E-state index in [1.165, 1.54) is 29.3 Å². The maximum atomic E-state index is 15.3. The molecule has 7 aromatic carbocycles. The predicted octanol–water partition coefficient (Wildman–Crippen LogP) is 16.7. The van der Waals surface area contributed by atoms with Crippen molar-refractivity contribution in [2.75, 3.05) is 0 Å². The molecule has 0 aliphatic carbocycles. The van der Waals surface area contributed by atoms with Gasteiger partial charge in [-0.15, -0.1) is 0 Å². The Morgan fingerprint density at radius 3 is 1.38 bits per heavy atom. The minimum atomic E-state index is -4.77. The van der Waals surface area contributed by atoms with Crippen molar-refractivity contribution >= 4 is 0 Å². The summed E-state index contributed by atoms with van der Waals surface area (Å²) in [5.74, 6) is -11.5. The first kappa shape index (κ1) is 46.4. The van der Waals surface area contributed by atoms with Gasteiger partial charge in [0.05, 0.1) is 0 Å². The SMILES string of the molecule is CCCc1ccc(-c2ccc(-c3ccc(CC/C=C/CCCCCc4ccc(-c5ccc(-c6cc(F)c(C(F)(F)Oc7cc(F)c(F)c(F)c7)c(F)c6)c(F)c5)cc4)cc3)c(F)c2)cc1. The topological polar surface area (TPSA) is 9.23 Å². The van der Waals surface area contributed by atoms with Crippen LogP contribution in [-0.4, -0.2) is 0 Å². The summed E-state index contributed by atoms with van der Waals surface area (Å²) in [7, 11) is 0. The molecule has 0 spiro atoms. The molecule has 0 radical (unpaired) electrons. The first-order valence-electron chi connectivity index (χ1n) is 21.5. The van der Waals surface area contributed by atoms with Gasteiger partial charge in [-0.3, -0.25) is 0 Å². The zero-order chi connectivity index (χ0) is 46.1. The van der Waals surface area contributed by atoms with Crippen LogP contribution in [0, 0.1) is 40.7 Å². The van der Waals surface area contributed by atoms with Crippen LogP contribution in [0.3, 0.4) is 0 Å². The van der Waals surface area contributed by atoms with E-state index in [9.17, 15) is 30.7 Å². The molecule has 0 aliphatic heterocycles. The molecule has 0 aromatic heterocycles. The van der Waals surface area contributed by atoms with Gasteiger partial charge in [0.2, 0.25) is 0 Å². The third-order valence-corrected chi connectivity index (χ3v) is 11.3. The molecular formula is C55H45F9O. The van der Waals surface area contributed by atoms with E-state index in [4.69, 9.17) is 0 Å². The van der Waals surface area contributed by atoms with Crippen molar-refractivity contribution in [1.29, 1.82) is 0 Å². The number of halogens is 9. The summed E-state index contributed by atoms with van der Waals surface area (Å²) in [5.41, 5.74) is 5.55. The van der Waals surface area contributed by atoms with Crippen LogP contribution in [0.25, 0.3) is 44.5 Å². The summed E-state index contributed by atoms with van der Waals surface area (Å²) in [6, 6.07) is 34.6. The van der Waals surface area contributed by atoms with Crippen LogP contribution in [0.15, 0.2) is 146 Å². The third-order valence-electron chi connectivity index (χ3n) is 11.3. The van der Waals surface area contributed by atoms with Crippen LogP contribution in [0.5, 0.6) is 5.75 Å². The summed E-state index contributed by atoms with van der Waals surface area (Å²) >= 11 is 0. The maximum absolute atomic E-state index is 15.3. The first-order chi connectivity index (χ1) is 31.3. The van der Waals surface area contributed by atoms with Crippen molar-refractivity contribution in [2.45, 2.75) is 70.8 Å². The van der Waals surface area contributed by atoms with E-state index < -0.39 is 52.3 Å². The van der Waals surface area contributed by atoms with Crippen LogP contribution < -0.4 is 4.74 Å². The molecule has 0 fully saturated rings. The van der Waals surface area contributed by atoms with E-state index in [0.29, 0.717) is 28.8 Å². The summed E-state index contributed by atoms with van der Waals surface area (Å²) in [6.45, 7) is 2.15. The molecule has 334 valence electrons. The number of hydrogen-bond acceptors (Lipinski definition) is 1. The van der Waals surface area contributed by atoms with Crippen LogP contribution in [0.4, 0.5) is 39.5 Å². The summed E-state index contributed by atoms with van der Waals surface area (Å²) < 4.78 is 134. The van der Waals surface area contributed by atoms with Crippen molar-refractivity contribution < 1.29 is 44.3 Å². The van der Waals surface area contributed by atoms with Gasteiger partial charge in [-0.05, 0) is 119 Å². The van der Waals surface area contributed by atoms with E-state index in [0.717, 1.165) is 80.0 Å². The monoisotopic (exact) mass is 892 g/mol. The lowest BCUT2D eigenvalue weighted by Gasteiger charge is -2.20. The number of allylic oxidation sites excluding steroid dienone is 2. The fraction of sp³-hybridized carbons (Fsp3) is 0.200. The molecule has 0 saturated carbocycles. The zero-order valence-electron chi connectivity index (χ0n) is 35.5. The van der Waals surface area contributed by atoms with E-state index in [1.54, 1.807) is 6.07 Å². The van der Waals surface area contributed by atoms with Crippen molar-refractivity contribution in [3.05, 3.63) is 209 Å². The van der Waals surface area contributed by atoms with Crippen molar-refractivity contribution in [3.63, 3.8) is 0 Å². The number of ether oxygens (including phenoxy) is 1. The molecule has 0 unspecified atom stereocenters. The summed E-state index contributed by atoms with van der Waals surface area (Å²) in [5, 5.41) is 0. The number of benzene rings is 7. The van der Waals surface area contributed by atoms with Crippen LogP contribution >= 0.6 is 0 Å². The fourth-order valence-electron chi connectivity index (χ4n) is 7.78. The summed E-state index contributed by atoms with van der Waals surface area (Å²) in [4.78, 5) is 0. The van der Waals surface area contributed by atoms with Gasteiger partial charge in [0.25, 0.3) is 0 Å². The highest BCUT2D eigenvalue weighted by molar-refractivity contribution is 5.73. The number of unbranched alkanes of at least 4 members (excludes halogenated alkanes) is 3. The highest BCUT2D eigenvalue weighted by atomic mass is 19.3. The molecule has 0 N–H and O–H groups in total. The standard InChI is InChI=1S/C55H45F9O/c1-2-10-35-13-19-38(20-14-35)41-25-27-45(47(56)29-41)40-23-17-37(18-24-40)12-9-7-5-3-4-6-8-11-36-15-21-39(22-16-36)42-26-28-46(48(57)30-42)43-31-49(58)53(50(59)32-43)55(63,64)65-44-33-51(60)54(62)52(61)34-44/h5,7,13-34H,2-4,6,8-12H2,1H3/b7-5+. The van der Waals surface area contributed by atoms with Gasteiger partial charge in [-0.1, -0.05) is 129 Å². The van der Waals surface area contributed by atoms with Gasteiger partial charge in [-0.2, -0.15) is 8.78 Å². The second-order valence-electron chi connectivity index (χ2n) is 16.0. The van der Waals surface area contributed by atoms with E-state index >= 15 is 8.78 Å². The van der Waals surface area contributed by atoms with Gasteiger partial charge in [-0.25, -0.2) is 30.7 Å². The lowest BCUT2D eigenvalue weighted by Crippen LogP contribution is -2.25. The van der Waals surface area contributed by atoms with Gasteiger partial charge >= 0.3 is 6.11 Å². The first-order valence-corrected chi connectivity index (χ1v) is 21.5. The van der Waals surface area contributed by atoms with Gasteiger partial charge < -0.3 is 4.74 Å². The predicted molar refractivity (Wildman–Crippen MR) is 239 cm³/mol. The fourth-order valence-corrected chi connectivity index (χ4v) is 7.78. The van der Waals surface area contributed by atoms with E-state index in [2.05, 4.69) is 60.2 Å². The van der Waals surface area contributed by atoms with Crippen molar-refractivity contribution in [2.24, 2.45) is 0 Å². The minimum absolute atomic E-state index is 0.105. The Labute approximate surface area is 372 Å². The van der Waals surface area contributed by atoms with Gasteiger partial charge in [0.1, 0.15) is 34.6 Å². The Kier molecular flexibility index (Phi) is 15.0. The molecule has 0 heterocycles. The zero-order valence-corrected chi connectivity index (χ0v) is 35.5. The van der Waals surface area contributed by atoms with E-state index in [1.807, 2.05) is 48.5 Å². The second kappa shape index (κ2) is 21.0. The average molecular weight is 893 g/mol. The van der Waals surface area contributed by atoms with Gasteiger partial charge in [0.15, 0.2) is 17.5 Å². The van der Waals surface area contributed by atoms with Gasteiger partial charge in [0, 0.05) is 23.3 Å². The number of alkyl halides is 2. The van der Waals surface area contributed by atoms with Crippen LogP contribution in [0.1, 0.15) is 67.7 Å². The highest BCUT2D eigenvalue weighted by Crippen LogP contribution is 2.39. The Hall–Kier alpha value is -6.55. The highest BCUT2D eigenvalue weighted by Gasteiger charge is 2.41. The third kappa shape index (κ3) is 11.6. The Bertz CT molecular complexity index is 2710. The van der Waals surface area contributed by atoms with Crippen LogP contribution in [0.2, 0.25) is 0 Å². The Morgan fingerprint density at radius 1 is 0.415 bits per heavy atom. The molecular weight excluding hydrogens is 848 g/mol. The molecule has 65 heavy (non-hydrogen) atoms. The molecule has 0 saturated heterocycles. The van der Waals surface area contributed by atoms with Crippen molar-refractivity contribution in [3.8, 4) is 50.3 Å². The normalized spacial score (nSPS) is 11.7. The number of rotatable bonds is 18. The smallest absolute Gasteiger partial charge is 0.429 e. The second-order valence-corrected chi connectivity index (χ2v) is 16.0. The Morgan fingerprint density at radius 2 is 0.862 bits per heavy atom. The quantitative estimate of drug-likeness (QED) is 0.0361. The minimum Gasteiger partial charge on any atom is -0.429 e. The lowest BCUT2D eigenvalue weighted by molar-refractivity contribution is -0.189. The molecule has 1 nitrogen and oxygen atoms in total. The molecule has 7 rings (SSSR count). The number of hydrogen-bond donors (Lipinski definition) is 0. The lowest BCUT2D eigenvalue weighted by atomic mass is 9.97. The molecule has 0 atom stereocenters. The molecule has 0 bridgehead atoms. The van der Waals surface area contributed by atoms with Crippen LogP contribution in [-0.2, 0) is 25.4 Å². The molecule has 10 heteroatoms. The Balaban J connectivity index is 0.834. The maximum Gasteiger partial charge on any atom is 0.432 e. The average Bonchev–Trinajstić information content (AvgIpc) is 3.28. The molecule has 0 aliphatic rings. The molecule has 7 aromatic rings. The summed E-state index contributed by atoms with van der Waals surface area (Å²) in [6.07, 6.45) is 8.50. The largest absolute Gasteiger partial charge is 0.432 e.